The number of carbonyl (C=O) groups excluding carboxylic acids is 2. The van der Waals surface area contributed by atoms with E-state index in [0.29, 0.717) is 5.69 Å². The third-order valence-corrected chi connectivity index (χ3v) is 2.67. The second-order valence-corrected chi connectivity index (χ2v) is 4.39. The van der Waals surface area contributed by atoms with Crippen LogP contribution in [0, 0.1) is 0 Å². The second-order valence-electron chi connectivity index (χ2n) is 4.39. The lowest BCUT2D eigenvalue weighted by molar-refractivity contribution is -0.136. The monoisotopic (exact) mass is 278 g/mol. The summed E-state index contributed by atoms with van der Waals surface area (Å²) in [7, 11) is 0. The summed E-state index contributed by atoms with van der Waals surface area (Å²) in [6, 6.07) is 8.07. The summed E-state index contributed by atoms with van der Waals surface area (Å²) in [5.41, 5.74) is 0.607. The molecule has 2 amide bonds. The molecule has 0 heterocycles. The molecule has 6 heteroatoms. The van der Waals surface area contributed by atoms with Gasteiger partial charge in [-0.2, -0.15) is 0 Å². The molecular formula is C14H18N2O4. The quantitative estimate of drug-likeness (QED) is 0.813. The number of carbonyl (C=O) groups is 3. The molecule has 0 spiro atoms. The van der Waals surface area contributed by atoms with Gasteiger partial charge in [0, 0.05) is 19.2 Å². The first-order valence-electron chi connectivity index (χ1n) is 6.27. The number of benzene rings is 1. The van der Waals surface area contributed by atoms with Crippen LogP contribution in [0.3, 0.4) is 0 Å². The van der Waals surface area contributed by atoms with Crippen LogP contribution in [0.15, 0.2) is 30.3 Å². The van der Waals surface area contributed by atoms with Gasteiger partial charge in [0.05, 0.1) is 6.42 Å². The lowest BCUT2D eigenvalue weighted by atomic mass is 10.2. The summed E-state index contributed by atoms with van der Waals surface area (Å²) in [6.07, 6.45) is -0.159. The van der Waals surface area contributed by atoms with Crippen molar-refractivity contribution >= 4 is 23.5 Å². The Morgan fingerprint density at radius 1 is 1.25 bits per heavy atom. The molecule has 0 aromatic heterocycles. The Bertz CT molecular complexity index is 487. The molecule has 2 N–H and O–H groups in total. The van der Waals surface area contributed by atoms with Crippen LogP contribution in [0.1, 0.15) is 20.3 Å². The van der Waals surface area contributed by atoms with Crippen molar-refractivity contribution in [3.63, 3.8) is 0 Å². The van der Waals surface area contributed by atoms with Gasteiger partial charge in [-0.15, -0.1) is 0 Å². The smallest absolute Gasteiger partial charge is 0.305 e. The Hall–Kier alpha value is -2.37. The van der Waals surface area contributed by atoms with Crippen molar-refractivity contribution in [3.05, 3.63) is 30.3 Å². The fourth-order valence-electron chi connectivity index (χ4n) is 1.78. The van der Waals surface area contributed by atoms with Crippen molar-refractivity contribution in [1.29, 1.82) is 0 Å². The molecule has 108 valence electrons. The highest BCUT2D eigenvalue weighted by atomic mass is 16.4. The Morgan fingerprint density at radius 2 is 1.85 bits per heavy atom. The minimum atomic E-state index is -0.981. The van der Waals surface area contributed by atoms with E-state index in [9.17, 15) is 14.4 Å². The molecule has 1 aromatic carbocycles. The molecule has 1 aromatic rings. The molecule has 0 saturated heterocycles. The van der Waals surface area contributed by atoms with Gasteiger partial charge in [0.25, 0.3) is 0 Å². The van der Waals surface area contributed by atoms with E-state index >= 15 is 0 Å². The summed E-state index contributed by atoms with van der Waals surface area (Å²) in [6.45, 7) is 2.95. The zero-order chi connectivity index (χ0) is 15.1. The van der Waals surface area contributed by atoms with Gasteiger partial charge in [-0.1, -0.05) is 18.2 Å². The van der Waals surface area contributed by atoms with Crippen molar-refractivity contribution in [2.24, 2.45) is 0 Å². The summed E-state index contributed by atoms with van der Waals surface area (Å²) in [4.78, 5) is 35.4. The van der Waals surface area contributed by atoms with E-state index in [1.165, 1.54) is 11.8 Å². The van der Waals surface area contributed by atoms with Crippen molar-refractivity contribution in [3.8, 4) is 0 Å². The fraction of sp³-hybridized carbons (Fsp3) is 0.357. The van der Waals surface area contributed by atoms with Crippen LogP contribution in [0.5, 0.6) is 0 Å². The van der Waals surface area contributed by atoms with E-state index in [2.05, 4.69) is 5.32 Å². The lowest BCUT2D eigenvalue weighted by Crippen LogP contribution is -2.47. The number of amides is 2. The van der Waals surface area contributed by atoms with Crippen LogP contribution in [0.2, 0.25) is 0 Å². The van der Waals surface area contributed by atoms with Gasteiger partial charge in [-0.05, 0) is 19.1 Å². The number of hydrogen-bond donors (Lipinski definition) is 2. The first kappa shape index (κ1) is 15.7. The maximum atomic E-state index is 12.3. The van der Waals surface area contributed by atoms with Crippen LogP contribution in [0.4, 0.5) is 5.69 Å². The van der Waals surface area contributed by atoms with E-state index in [4.69, 9.17) is 5.11 Å². The van der Waals surface area contributed by atoms with Gasteiger partial charge in [-0.3, -0.25) is 14.4 Å². The number of anilines is 1. The standard InChI is InChI=1S/C14H18N2O4/c1-10(15-11(2)17)14(20)16(9-8-13(18)19)12-6-4-3-5-7-12/h3-7,10H,8-9H2,1-2H3,(H,15,17)(H,18,19). The van der Waals surface area contributed by atoms with E-state index in [0.717, 1.165) is 0 Å². The Labute approximate surface area is 117 Å². The summed E-state index contributed by atoms with van der Waals surface area (Å²) >= 11 is 0. The third kappa shape index (κ3) is 4.72. The number of hydrogen-bond acceptors (Lipinski definition) is 3. The molecule has 0 aliphatic heterocycles. The van der Waals surface area contributed by atoms with Crippen LogP contribution in [0.25, 0.3) is 0 Å². The SMILES string of the molecule is CC(=O)NC(C)C(=O)N(CCC(=O)O)c1ccccc1. The molecule has 1 unspecified atom stereocenters. The summed E-state index contributed by atoms with van der Waals surface area (Å²) in [5, 5.41) is 11.3. The van der Waals surface area contributed by atoms with E-state index in [-0.39, 0.29) is 24.8 Å². The summed E-state index contributed by atoms with van der Waals surface area (Å²) < 4.78 is 0. The molecule has 0 aliphatic carbocycles. The van der Waals surface area contributed by atoms with Crippen LogP contribution >= 0.6 is 0 Å². The predicted molar refractivity (Wildman–Crippen MR) is 74.3 cm³/mol. The molecule has 6 nitrogen and oxygen atoms in total. The number of carboxylic acids is 1. The minimum absolute atomic E-state index is 0.0576. The van der Waals surface area contributed by atoms with Crippen molar-refractivity contribution < 1.29 is 19.5 Å². The average Bonchev–Trinajstić information content (AvgIpc) is 2.38. The van der Waals surface area contributed by atoms with Gasteiger partial charge in [0.1, 0.15) is 6.04 Å². The first-order valence-corrected chi connectivity index (χ1v) is 6.27. The van der Waals surface area contributed by atoms with Gasteiger partial charge < -0.3 is 15.3 Å². The largest absolute Gasteiger partial charge is 0.481 e. The number of rotatable bonds is 6. The molecule has 1 rings (SSSR count). The minimum Gasteiger partial charge on any atom is -0.481 e. The van der Waals surface area contributed by atoms with Crippen LogP contribution in [-0.2, 0) is 14.4 Å². The highest BCUT2D eigenvalue weighted by molar-refractivity contribution is 5.99. The van der Waals surface area contributed by atoms with E-state index in [1.807, 2.05) is 0 Å². The van der Waals surface area contributed by atoms with Crippen molar-refractivity contribution in [2.45, 2.75) is 26.3 Å². The number of carboxylic acid groups (broad SMARTS) is 1. The van der Waals surface area contributed by atoms with Crippen molar-refractivity contribution in [1.82, 2.24) is 5.32 Å². The maximum absolute atomic E-state index is 12.3. The molecule has 0 fully saturated rings. The topological polar surface area (TPSA) is 86.7 Å². The van der Waals surface area contributed by atoms with Gasteiger partial charge in [-0.25, -0.2) is 0 Å². The van der Waals surface area contributed by atoms with Crippen LogP contribution < -0.4 is 10.2 Å². The second kappa shape index (κ2) is 7.28. The third-order valence-electron chi connectivity index (χ3n) is 2.67. The fourth-order valence-corrected chi connectivity index (χ4v) is 1.78. The molecule has 0 bridgehead atoms. The Kier molecular flexibility index (Phi) is 5.71. The number of nitrogens with zero attached hydrogens (tertiary/aromatic N) is 1. The van der Waals surface area contributed by atoms with E-state index < -0.39 is 12.0 Å². The normalized spacial score (nSPS) is 11.5. The molecular weight excluding hydrogens is 260 g/mol. The first-order chi connectivity index (χ1) is 9.41. The molecule has 0 radical (unpaired) electrons. The number of nitrogens with one attached hydrogen (secondary N) is 1. The van der Waals surface area contributed by atoms with Crippen LogP contribution in [-0.4, -0.2) is 35.5 Å². The zero-order valence-corrected chi connectivity index (χ0v) is 11.5. The number of aliphatic carboxylic acids is 1. The van der Waals surface area contributed by atoms with Gasteiger partial charge in [0.2, 0.25) is 11.8 Å². The molecule has 20 heavy (non-hydrogen) atoms. The van der Waals surface area contributed by atoms with Gasteiger partial charge >= 0.3 is 5.97 Å². The highest BCUT2D eigenvalue weighted by Crippen LogP contribution is 2.15. The van der Waals surface area contributed by atoms with Crippen molar-refractivity contribution in [2.75, 3.05) is 11.4 Å². The molecule has 0 saturated carbocycles. The Balaban J connectivity index is 2.89. The highest BCUT2D eigenvalue weighted by Gasteiger charge is 2.22. The zero-order valence-electron chi connectivity index (χ0n) is 11.5. The molecule has 1 atom stereocenters. The Morgan fingerprint density at radius 3 is 2.35 bits per heavy atom. The van der Waals surface area contributed by atoms with E-state index in [1.54, 1.807) is 37.3 Å². The number of para-hydroxylation sites is 1. The molecule has 0 aliphatic rings. The predicted octanol–water partition coefficient (Wildman–Crippen LogP) is 1.02. The summed E-state index contributed by atoms with van der Waals surface area (Å²) in [5.74, 6) is -1.63. The lowest BCUT2D eigenvalue weighted by Gasteiger charge is -2.25. The average molecular weight is 278 g/mol. The maximum Gasteiger partial charge on any atom is 0.305 e. The van der Waals surface area contributed by atoms with Gasteiger partial charge in [0.15, 0.2) is 0 Å².